The molecule has 5 N–H and O–H groups in total. The lowest BCUT2D eigenvalue weighted by atomic mass is 9.53. The molecule has 1 aromatic carbocycles. The molecule has 1 unspecified atom stereocenters. The first kappa shape index (κ1) is 26.7. The van der Waals surface area contributed by atoms with Crippen molar-refractivity contribution < 1.29 is 24.8 Å². The fourth-order valence-electron chi connectivity index (χ4n) is 8.55. The number of ether oxygens (including phenoxy) is 2. The first-order valence-electron chi connectivity index (χ1n) is 14.7. The molecule has 2 aromatic heterocycles. The number of nitrogen functional groups attached to an aromatic ring is 1. The predicted octanol–water partition coefficient (Wildman–Crippen LogP) is 3.30. The molecule has 0 amide bonds. The largest absolute Gasteiger partial charge is 0.497 e. The third-order valence-corrected chi connectivity index (χ3v) is 10.8. The molecule has 0 spiro atoms. The molecule has 1 aliphatic heterocycles. The van der Waals surface area contributed by atoms with E-state index in [1.54, 1.807) is 11.7 Å². The van der Waals surface area contributed by atoms with Gasteiger partial charge >= 0.3 is 0 Å². The second-order valence-corrected chi connectivity index (χ2v) is 12.6. The quantitative estimate of drug-likeness (QED) is 0.360. The molecule has 7 rings (SSSR count). The smallest absolute Gasteiger partial charge is 0.148 e. The van der Waals surface area contributed by atoms with Crippen LogP contribution < -0.4 is 10.5 Å². The van der Waals surface area contributed by atoms with Gasteiger partial charge < -0.3 is 35.1 Å². The lowest BCUT2D eigenvalue weighted by Crippen LogP contribution is -2.50. The third kappa shape index (κ3) is 3.99. The Bertz CT molecular complexity index is 1560. The van der Waals surface area contributed by atoms with E-state index >= 15 is 0 Å². The van der Waals surface area contributed by atoms with Crippen LogP contribution in [0.3, 0.4) is 0 Å². The molecule has 2 saturated carbocycles. The summed E-state index contributed by atoms with van der Waals surface area (Å²) in [5, 5.41) is 32.7. The Balaban J connectivity index is 1.21. The summed E-state index contributed by atoms with van der Waals surface area (Å²) in [6.07, 6.45) is 7.28. The van der Waals surface area contributed by atoms with Gasteiger partial charge in [-0.25, -0.2) is 9.97 Å². The molecule has 3 heterocycles. The van der Waals surface area contributed by atoms with Crippen molar-refractivity contribution in [3.8, 4) is 17.6 Å². The number of anilines is 1. The number of fused-ring (bicyclic) bond motifs is 6. The summed E-state index contributed by atoms with van der Waals surface area (Å²) in [5.74, 6) is 9.28. The van der Waals surface area contributed by atoms with Crippen LogP contribution in [-0.4, -0.2) is 61.4 Å². The maximum absolute atomic E-state index is 12.2. The maximum atomic E-state index is 12.2. The first-order valence-corrected chi connectivity index (χ1v) is 14.7. The normalized spacial score (nSPS) is 35.8. The predicted molar refractivity (Wildman–Crippen MR) is 153 cm³/mol. The minimum Gasteiger partial charge on any atom is -0.497 e. The van der Waals surface area contributed by atoms with Gasteiger partial charge in [0.05, 0.1) is 30.8 Å². The number of aromatic nitrogens is 3. The molecule has 3 aliphatic carbocycles. The summed E-state index contributed by atoms with van der Waals surface area (Å²) in [7, 11) is 1.72. The van der Waals surface area contributed by atoms with E-state index in [-0.39, 0.29) is 12.0 Å². The van der Waals surface area contributed by atoms with Crippen LogP contribution in [0.2, 0.25) is 0 Å². The molecule has 3 aromatic rings. The fraction of sp³-hybridized carbons (Fsp3) is 0.562. The zero-order chi connectivity index (χ0) is 28.5. The molecule has 8 atom stereocenters. The summed E-state index contributed by atoms with van der Waals surface area (Å²) in [6, 6.07) is 6.54. The van der Waals surface area contributed by atoms with Gasteiger partial charge in [-0.2, -0.15) is 0 Å². The van der Waals surface area contributed by atoms with Crippen molar-refractivity contribution in [1.29, 1.82) is 0 Å². The third-order valence-electron chi connectivity index (χ3n) is 10.8. The number of nitrogens with two attached hydrogens (primary N) is 1. The highest BCUT2D eigenvalue weighted by Gasteiger charge is 2.61. The highest BCUT2D eigenvalue weighted by atomic mass is 16.5. The van der Waals surface area contributed by atoms with E-state index in [4.69, 9.17) is 15.2 Å². The van der Waals surface area contributed by atoms with Gasteiger partial charge in [-0.3, -0.25) is 0 Å². The second kappa shape index (κ2) is 9.70. The van der Waals surface area contributed by atoms with Gasteiger partial charge in [0.25, 0.3) is 0 Å². The van der Waals surface area contributed by atoms with E-state index in [1.807, 2.05) is 6.20 Å². The van der Waals surface area contributed by atoms with E-state index in [0.29, 0.717) is 53.0 Å². The Morgan fingerprint density at radius 2 is 2.07 bits per heavy atom. The van der Waals surface area contributed by atoms with Crippen molar-refractivity contribution in [3.05, 3.63) is 47.4 Å². The van der Waals surface area contributed by atoms with Gasteiger partial charge in [0.2, 0.25) is 0 Å². The Kier molecular flexibility index (Phi) is 6.32. The van der Waals surface area contributed by atoms with Gasteiger partial charge in [-0.05, 0) is 79.5 Å². The SMILES string of the molecule is COc1ccc2c(c1)CC[C@@H]1[C@@H]2CC[C@@]2(C)[C@H]1CCC2(O)C#Cc1cn([C@H]2C[C@H](O)[C@@H](CO)O2)c2ncnc(N)c12. The van der Waals surface area contributed by atoms with E-state index in [9.17, 15) is 15.3 Å². The monoisotopic (exact) mass is 558 g/mol. The van der Waals surface area contributed by atoms with Crippen molar-refractivity contribution in [2.45, 2.75) is 81.8 Å². The van der Waals surface area contributed by atoms with Gasteiger partial charge in [0.1, 0.15) is 41.5 Å². The zero-order valence-electron chi connectivity index (χ0n) is 23.6. The first-order chi connectivity index (χ1) is 19.8. The van der Waals surface area contributed by atoms with E-state index in [0.717, 1.165) is 37.9 Å². The Labute approximate surface area is 239 Å². The Morgan fingerprint density at radius 3 is 2.85 bits per heavy atom. The number of methoxy groups -OCH3 is 1. The van der Waals surface area contributed by atoms with Crippen molar-refractivity contribution >= 4 is 16.9 Å². The van der Waals surface area contributed by atoms with Crippen LogP contribution >= 0.6 is 0 Å². The molecule has 41 heavy (non-hydrogen) atoms. The van der Waals surface area contributed by atoms with Crippen molar-refractivity contribution in [2.75, 3.05) is 19.5 Å². The number of nitrogens with zero attached hydrogens (tertiary/aromatic N) is 3. The molecular formula is C32H38N4O5. The lowest BCUT2D eigenvalue weighted by molar-refractivity contribution is -0.0647. The maximum Gasteiger partial charge on any atom is 0.148 e. The van der Waals surface area contributed by atoms with Crippen LogP contribution in [0.1, 0.15) is 74.3 Å². The Morgan fingerprint density at radius 1 is 1.22 bits per heavy atom. The van der Waals surface area contributed by atoms with Crippen LogP contribution in [-0.2, 0) is 11.2 Å². The Hall–Kier alpha value is -3.16. The summed E-state index contributed by atoms with van der Waals surface area (Å²) in [6.45, 7) is 1.97. The van der Waals surface area contributed by atoms with Crippen LogP contribution in [0.5, 0.6) is 5.75 Å². The number of benzene rings is 1. The number of hydrogen-bond donors (Lipinski definition) is 4. The summed E-state index contributed by atoms with van der Waals surface area (Å²) < 4.78 is 13.2. The molecule has 0 radical (unpaired) electrons. The van der Waals surface area contributed by atoms with Crippen molar-refractivity contribution in [2.24, 2.45) is 17.3 Å². The molecule has 216 valence electrons. The minimum absolute atomic E-state index is 0.269. The number of aliphatic hydroxyl groups excluding tert-OH is 2. The molecule has 9 heteroatoms. The van der Waals surface area contributed by atoms with Gasteiger partial charge in [-0.1, -0.05) is 24.8 Å². The average molecular weight is 559 g/mol. The molecule has 3 fully saturated rings. The van der Waals surface area contributed by atoms with Crippen molar-refractivity contribution in [3.63, 3.8) is 0 Å². The standard InChI is InChI=1S/C32H38N4O5/c1-31-10-8-22-21-6-4-20(40-2)13-18(21)3-5-23(22)24(31)9-12-32(31,39)11-7-19-15-36(27-14-25(38)26(16-37)41-27)30-28(19)29(33)34-17-35-30/h4,6,13,15,17,22-27,37-39H,3,5,8-10,12,14,16H2,1-2H3,(H2,33,34,35)/t22-,23-,24+,25+,26-,27-,31+,32?/m1/s1. The summed E-state index contributed by atoms with van der Waals surface area (Å²) >= 11 is 0. The number of hydrogen-bond acceptors (Lipinski definition) is 8. The van der Waals surface area contributed by atoms with E-state index < -0.39 is 24.0 Å². The number of rotatable bonds is 3. The van der Waals surface area contributed by atoms with Gasteiger partial charge in [0, 0.05) is 18.0 Å². The van der Waals surface area contributed by atoms with Crippen LogP contribution in [0.25, 0.3) is 11.0 Å². The molecule has 1 saturated heterocycles. The van der Waals surface area contributed by atoms with E-state index in [2.05, 4.69) is 46.9 Å². The zero-order valence-corrected chi connectivity index (χ0v) is 23.6. The summed E-state index contributed by atoms with van der Waals surface area (Å²) in [4.78, 5) is 8.63. The number of aryl methyl sites for hydroxylation is 1. The topological polar surface area (TPSA) is 136 Å². The lowest BCUT2D eigenvalue weighted by Gasteiger charge is -2.52. The highest BCUT2D eigenvalue weighted by Crippen LogP contribution is 2.64. The van der Waals surface area contributed by atoms with Crippen LogP contribution in [0.4, 0.5) is 5.82 Å². The second-order valence-electron chi connectivity index (χ2n) is 12.6. The average Bonchev–Trinajstić information content (AvgIpc) is 3.63. The fourth-order valence-corrected chi connectivity index (χ4v) is 8.55. The number of aliphatic hydroxyl groups is 3. The molecular weight excluding hydrogens is 520 g/mol. The molecule has 9 nitrogen and oxygen atoms in total. The molecule has 4 aliphatic rings. The van der Waals surface area contributed by atoms with E-state index in [1.165, 1.54) is 17.5 Å². The molecule has 0 bridgehead atoms. The van der Waals surface area contributed by atoms with Gasteiger partial charge in [-0.15, -0.1) is 0 Å². The van der Waals surface area contributed by atoms with Crippen LogP contribution in [0, 0.1) is 29.1 Å². The van der Waals surface area contributed by atoms with Crippen molar-refractivity contribution in [1.82, 2.24) is 14.5 Å². The van der Waals surface area contributed by atoms with Crippen LogP contribution in [0.15, 0.2) is 30.7 Å². The van der Waals surface area contributed by atoms with Gasteiger partial charge in [0.15, 0.2) is 0 Å². The highest BCUT2D eigenvalue weighted by molar-refractivity contribution is 5.92. The summed E-state index contributed by atoms with van der Waals surface area (Å²) in [5.41, 5.74) is 8.91. The minimum atomic E-state index is -1.12.